The number of ketones is 1. The monoisotopic (exact) mass is 396 g/mol. The molecule has 0 saturated carbocycles. The molecule has 1 radical (unpaired) electrons. The maximum absolute atomic E-state index is 12.7. The van der Waals surface area contributed by atoms with Gasteiger partial charge in [0.05, 0.1) is 0 Å². The van der Waals surface area contributed by atoms with Crippen LogP contribution in [0.4, 0.5) is 0 Å². The summed E-state index contributed by atoms with van der Waals surface area (Å²) in [4.78, 5) is 12.7. The third-order valence-corrected chi connectivity index (χ3v) is 4.80. The molecule has 0 amide bonds. The number of rotatable bonds is 5. The minimum Gasteiger partial charge on any atom is -0.346 e. The fourth-order valence-electron chi connectivity index (χ4n) is 2.60. The predicted octanol–water partition coefficient (Wildman–Crippen LogP) is 5.58. The Balaban J connectivity index is 0.00000192. The standard InChI is InChI=1S/C20H19OS.Y/c1-3-4-5-15-7-9-16(10-8-15)20(21)18-13-22-19-12-14(2)6-11-17(18)19;/h6-12H,3-5H2,1-2H3;/q-1;. The van der Waals surface area contributed by atoms with Gasteiger partial charge in [0, 0.05) is 32.7 Å². The van der Waals surface area contributed by atoms with Crippen LogP contribution in [0.1, 0.15) is 46.8 Å². The van der Waals surface area contributed by atoms with Crippen molar-refractivity contribution in [3.63, 3.8) is 0 Å². The SMILES string of the molecule is CCCCc1ccc(C(=O)c2[c-]sc3cc(C)ccc23)cc1.[Y]. The van der Waals surface area contributed by atoms with E-state index in [0.717, 1.165) is 22.1 Å². The van der Waals surface area contributed by atoms with Crippen molar-refractivity contribution in [2.75, 3.05) is 0 Å². The summed E-state index contributed by atoms with van der Waals surface area (Å²) >= 11 is 1.52. The average Bonchev–Trinajstić information content (AvgIpc) is 2.95. The molecule has 2 aromatic carbocycles. The Morgan fingerprint density at radius 3 is 2.57 bits per heavy atom. The third kappa shape index (κ3) is 4.18. The van der Waals surface area contributed by atoms with E-state index in [1.807, 2.05) is 24.3 Å². The van der Waals surface area contributed by atoms with Gasteiger partial charge < -0.3 is 4.79 Å². The molecule has 0 fully saturated rings. The first-order valence-corrected chi connectivity index (χ1v) is 8.55. The molecular weight excluding hydrogens is 377 g/mol. The van der Waals surface area contributed by atoms with E-state index >= 15 is 0 Å². The van der Waals surface area contributed by atoms with Crippen LogP contribution in [0.3, 0.4) is 0 Å². The molecule has 0 aliphatic carbocycles. The first-order chi connectivity index (χ1) is 10.7. The third-order valence-electron chi connectivity index (χ3n) is 3.93. The van der Waals surface area contributed by atoms with Crippen molar-refractivity contribution in [1.29, 1.82) is 0 Å². The molecule has 0 aliphatic rings. The molecule has 0 saturated heterocycles. The average molecular weight is 396 g/mol. The van der Waals surface area contributed by atoms with Gasteiger partial charge >= 0.3 is 0 Å². The molecule has 3 heteroatoms. The number of benzene rings is 2. The largest absolute Gasteiger partial charge is 0.346 e. The molecule has 1 heterocycles. The van der Waals surface area contributed by atoms with Crippen LogP contribution in [-0.4, -0.2) is 5.78 Å². The summed E-state index contributed by atoms with van der Waals surface area (Å²) in [5, 5.41) is 4.19. The molecule has 0 atom stereocenters. The van der Waals surface area contributed by atoms with Crippen LogP contribution >= 0.6 is 11.3 Å². The van der Waals surface area contributed by atoms with Crippen molar-refractivity contribution in [3.8, 4) is 0 Å². The second kappa shape index (κ2) is 8.32. The summed E-state index contributed by atoms with van der Waals surface area (Å²) in [5.41, 5.74) is 3.95. The zero-order chi connectivity index (χ0) is 15.5. The summed E-state index contributed by atoms with van der Waals surface area (Å²) < 4.78 is 1.13. The van der Waals surface area contributed by atoms with Crippen molar-refractivity contribution >= 4 is 27.2 Å². The smallest absolute Gasteiger partial charge is 0.108 e. The van der Waals surface area contributed by atoms with Crippen LogP contribution in [0.15, 0.2) is 42.5 Å². The van der Waals surface area contributed by atoms with E-state index in [1.165, 1.54) is 35.3 Å². The van der Waals surface area contributed by atoms with Crippen molar-refractivity contribution in [1.82, 2.24) is 0 Å². The van der Waals surface area contributed by atoms with Crippen LogP contribution in [-0.2, 0) is 39.1 Å². The van der Waals surface area contributed by atoms with E-state index < -0.39 is 0 Å². The Bertz CT molecular complexity index is 802. The second-order valence-electron chi connectivity index (χ2n) is 5.71. The minimum atomic E-state index is 0. The zero-order valence-electron chi connectivity index (χ0n) is 13.6. The topological polar surface area (TPSA) is 17.1 Å². The fourth-order valence-corrected chi connectivity index (χ4v) is 3.54. The molecule has 3 aromatic rings. The van der Waals surface area contributed by atoms with E-state index in [2.05, 4.69) is 37.4 Å². The molecule has 23 heavy (non-hydrogen) atoms. The maximum atomic E-state index is 12.7. The van der Waals surface area contributed by atoms with E-state index in [-0.39, 0.29) is 38.5 Å². The number of fused-ring (bicyclic) bond motifs is 1. The molecule has 0 aliphatic heterocycles. The number of unbranched alkanes of at least 4 members (excludes halogenated alkanes) is 1. The number of hydrogen-bond acceptors (Lipinski definition) is 2. The van der Waals surface area contributed by atoms with Gasteiger partial charge in [0.1, 0.15) is 5.78 Å². The molecule has 1 nitrogen and oxygen atoms in total. The quantitative estimate of drug-likeness (QED) is 0.406. The van der Waals surface area contributed by atoms with Gasteiger partial charge in [0.25, 0.3) is 0 Å². The fraction of sp³-hybridized carbons (Fsp3) is 0.250. The van der Waals surface area contributed by atoms with E-state index in [4.69, 9.17) is 0 Å². The summed E-state index contributed by atoms with van der Waals surface area (Å²) in [6, 6.07) is 14.2. The van der Waals surface area contributed by atoms with Gasteiger partial charge in [-0.3, -0.25) is 11.3 Å². The zero-order valence-corrected chi connectivity index (χ0v) is 17.2. The number of aryl methyl sites for hydroxylation is 2. The van der Waals surface area contributed by atoms with Crippen molar-refractivity contribution in [2.45, 2.75) is 33.1 Å². The predicted molar refractivity (Wildman–Crippen MR) is 93.9 cm³/mol. The first-order valence-electron chi connectivity index (χ1n) is 7.73. The van der Waals surface area contributed by atoms with Gasteiger partial charge in [-0.15, -0.1) is 11.5 Å². The summed E-state index contributed by atoms with van der Waals surface area (Å²) in [5.74, 6) is 0.0668. The van der Waals surface area contributed by atoms with Gasteiger partial charge in [-0.05, 0) is 30.9 Å². The Hall–Kier alpha value is -0.826. The minimum absolute atomic E-state index is 0. The summed E-state index contributed by atoms with van der Waals surface area (Å²) in [7, 11) is 0. The van der Waals surface area contributed by atoms with Crippen LogP contribution in [0, 0.1) is 12.3 Å². The Morgan fingerprint density at radius 2 is 1.87 bits per heavy atom. The Kier molecular flexibility index (Phi) is 6.70. The molecular formula is C20H19OSY-. The molecule has 115 valence electrons. The maximum Gasteiger partial charge on any atom is 0.108 e. The van der Waals surface area contributed by atoms with Crippen LogP contribution in [0.25, 0.3) is 10.1 Å². The molecule has 0 N–H and O–H groups in total. The van der Waals surface area contributed by atoms with Gasteiger partial charge in [-0.1, -0.05) is 70.9 Å². The Morgan fingerprint density at radius 1 is 1.13 bits per heavy atom. The second-order valence-corrected chi connectivity index (χ2v) is 6.56. The van der Waals surface area contributed by atoms with E-state index in [9.17, 15) is 4.79 Å². The van der Waals surface area contributed by atoms with Gasteiger partial charge in [0.2, 0.25) is 0 Å². The molecule has 0 bridgehead atoms. The van der Waals surface area contributed by atoms with Gasteiger partial charge in [0.15, 0.2) is 0 Å². The van der Waals surface area contributed by atoms with Crippen LogP contribution in [0.5, 0.6) is 0 Å². The van der Waals surface area contributed by atoms with Crippen molar-refractivity contribution in [3.05, 3.63) is 70.1 Å². The molecule has 3 rings (SSSR count). The molecule has 0 spiro atoms. The van der Waals surface area contributed by atoms with Crippen molar-refractivity contribution < 1.29 is 37.5 Å². The first kappa shape index (κ1) is 18.5. The number of thiophene rings is 1. The Labute approximate surface area is 167 Å². The number of carbonyl (C=O) groups excluding carboxylic acids is 1. The number of carbonyl (C=O) groups is 1. The summed E-state index contributed by atoms with van der Waals surface area (Å²) in [6.07, 6.45) is 3.46. The van der Waals surface area contributed by atoms with Gasteiger partial charge in [-0.25, -0.2) is 0 Å². The van der Waals surface area contributed by atoms with Crippen LogP contribution in [0.2, 0.25) is 0 Å². The van der Waals surface area contributed by atoms with Crippen molar-refractivity contribution in [2.24, 2.45) is 0 Å². The van der Waals surface area contributed by atoms with Gasteiger partial charge in [-0.2, -0.15) is 0 Å². The van der Waals surface area contributed by atoms with E-state index in [1.54, 1.807) is 0 Å². The molecule has 0 unspecified atom stereocenters. The molecule has 1 aromatic heterocycles. The number of hydrogen-bond donors (Lipinski definition) is 0. The summed E-state index contributed by atoms with van der Waals surface area (Å²) in [6.45, 7) is 4.26. The van der Waals surface area contributed by atoms with Crippen LogP contribution < -0.4 is 0 Å². The van der Waals surface area contributed by atoms with E-state index in [0.29, 0.717) is 5.56 Å². The normalized spacial score (nSPS) is 10.5.